The Bertz CT molecular complexity index is 717. The van der Waals surface area contributed by atoms with Crippen molar-refractivity contribution < 1.29 is 4.79 Å². The first-order chi connectivity index (χ1) is 10.1. The van der Waals surface area contributed by atoms with E-state index in [0.29, 0.717) is 22.8 Å². The van der Waals surface area contributed by atoms with E-state index in [-0.39, 0.29) is 5.91 Å². The van der Waals surface area contributed by atoms with E-state index in [4.69, 9.17) is 17.3 Å². The van der Waals surface area contributed by atoms with Crippen LogP contribution in [0.4, 0.5) is 11.4 Å². The summed E-state index contributed by atoms with van der Waals surface area (Å²) in [5.74, 6) is -0.0454. The van der Waals surface area contributed by atoms with Gasteiger partial charge in [-0.15, -0.1) is 0 Å². The summed E-state index contributed by atoms with van der Waals surface area (Å²) in [4.78, 5) is 14.5. The fourth-order valence-electron chi connectivity index (χ4n) is 2.59. The van der Waals surface area contributed by atoms with E-state index in [0.717, 1.165) is 28.6 Å². The Labute approximate surface area is 136 Å². The highest BCUT2D eigenvalue weighted by molar-refractivity contribution is 9.10. The summed E-state index contributed by atoms with van der Waals surface area (Å²) in [6.07, 6.45) is 1.92. The standard InChI is InChI=1S/C16H14BrClN2O/c17-13-6-4-11(8-14(13)18)16(21)20-7-1-2-10-3-5-12(19)9-15(10)20/h3-6,8-9H,1-2,7,19H2. The summed E-state index contributed by atoms with van der Waals surface area (Å²) >= 11 is 9.42. The molecule has 0 unspecified atom stereocenters. The molecule has 0 spiro atoms. The second-order valence-corrected chi connectivity index (χ2v) is 6.34. The fourth-order valence-corrected chi connectivity index (χ4v) is 3.01. The SMILES string of the molecule is Nc1ccc2c(c1)N(C(=O)c1ccc(Br)c(Cl)c1)CCC2. The topological polar surface area (TPSA) is 46.3 Å². The van der Waals surface area contributed by atoms with Gasteiger partial charge in [0.25, 0.3) is 5.91 Å². The summed E-state index contributed by atoms with van der Waals surface area (Å²) in [7, 11) is 0. The van der Waals surface area contributed by atoms with E-state index in [1.807, 2.05) is 18.2 Å². The van der Waals surface area contributed by atoms with E-state index in [9.17, 15) is 4.79 Å². The van der Waals surface area contributed by atoms with Crippen molar-refractivity contribution in [3.63, 3.8) is 0 Å². The molecule has 0 fully saturated rings. The van der Waals surface area contributed by atoms with Gasteiger partial charge in [-0.25, -0.2) is 0 Å². The number of rotatable bonds is 1. The fraction of sp³-hybridized carbons (Fsp3) is 0.188. The van der Waals surface area contributed by atoms with Gasteiger partial charge >= 0.3 is 0 Å². The number of nitrogen functional groups attached to an aromatic ring is 1. The quantitative estimate of drug-likeness (QED) is 0.767. The third kappa shape index (κ3) is 2.78. The summed E-state index contributed by atoms with van der Waals surface area (Å²) in [5, 5.41) is 0.533. The van der Waals surface area contributed by atoms with Crippen LogP contribution in [0.25, 0.3) is 0 Å². The molecule has 0 saturated heterocycles. The second-order valence-electron chi connectivity index (χ2n) is 5.08. The Kier molecular flexibility index (Phi) is 3.91. The number of nitrogens with two attached hydrogens (primary N) is 1. The summed E-state index contributed by atoms with van der Waals surface area (Å²) in [6, 6.07) is 11.0. The highest BCUT2D eigenvalue weighted by atomic mass is 79.9. The van der Waals surface area contributed by atoms with Crippen LogP contribution in [-0.2, 0) is 6.42 Å². The van der Waals surface area contributed by atoms with Crippen molar-refractivity contribution in [2.75, 3.05) is 17.2 Å². The van der Waals surface area contributed by atoms with Gasteiger partial charge in [-0.2, -0.15) is 0 Å². The number of carbonyl (C=O) groups excluding carboxylic acids is 1. The largest absolute Gasteiger partial charge is 0.399 e. The van der Waals surface area contributed by atoms with Crippen LogP contribution >= 0.6 is 27.5 Å². The van der Waals surface area contributed by atoms with Gasteiger partial charge < -0.3 is 10.6 Å². The maximum atomic E-state index is 12.7. The average molecular weight is 366 g/mol. The van der Waals surface area contributed by atoms with Crippen LogP contribution in [0.1, 0.15) is 22.3 Å². The highest BCUT2D eigenvalue weighted by Crippen LogP contribution is 2.31. The van der Waals surface area contributed by atoms with Gasteiger partial charge in [0.05, 0.1) is 5.02 Å². The van der Waals surface area contributed by atoms with E-state index in [1.54, 1.807) is 23.1 Å². The Morgan fingerprint density at radius 2 is 2.05 bits per heavy atom. The van der Waals surface area contributed by atoms with Gasteiger partial charge in [0.2, 0.25) is 0 Å². The Morgan fingerprint density at radius 3 is 2.81 bits per heavy atom. The number of nitrogens with zero attached hydrogens (tertiary/aromatic N) is 1. The molecule has 0 aromatic heterocycles. The van der Waals surface area contributed by atoms with Crippen molar-refractivity contribution in [1.82, 2.24) is 0 Å². The van der Waals surface area contributed by atoms with Crippen molar-refractivity contribution in [1.29, 1.82) is 0 Å². The predicted molar refractivity (Wildman–Crippen MR) is 90.0 cm³/mol. The van der Waals surface area contributed by atoms with Gasteiger partial charge in [0, 0.05) is 28.0 Å². The van der Waals surface area contributed by atoms with Gasteiger partial charge in [0.1, 0.15) is 0 Å². The molecule has 3 nitrogen and oxygen atoms in total. The van der Waals surface area contributed by atoms with E-state index in [2.05, 4.69) is 15.9 Å². The van der Waals surface area contributed by atoms with Gasteiger partial charge in [-0.05, 0) is 64.7 Å². The van der Waals surface area contributed by atoms with Crippen molar-refractivity contribution in [2.24, 2.45) is 0 Å². The number of fused-ring (bicyclic) bond motifs is 1. The molecule has 0 aliphatic carbocycles. The molecular formula is C16H14BrClN2O. The molecule has 21 heavy (non-hydrogen) atoms. The van der Waals surface area contributed by atoms with Crippen LogP contribution in [0.3, 0.4) is 0 Å². The van der Waals surface area contributed by atoms with Crippen LogP contribution in [0.15, 0.2) is 40.9 Å². The second kappa shape index (κ2) is 5.70. The first-order valence-corrected chi connectivity index (χ1v) is 7.88. The first kappa shape index (κ1) is 14.4. The van der Waals surface area contributed by atoms with Crippen LogP contribution < -0.4 is 10.6 Å². The summed E-state index contributed by atoms with van der Waals surface area (Å²) in [5.41, 5.74) is 9.18. The zero-order valence-corrected chi connectivity index (χ0v) is 13.6. The van der Waals surface area contributed by atoms with Crippen molar-refractivity contribution in [3.05, 3.63) is 57.0 Å². The lowest BCUT2D eigenvalue weighted by atomic mass is 10.00. The number of hydrogen-bond donors (Lipinski definition) is 1. The molecule has 2 aromatic carbocycles. The van der Waals surface area contributed by atoms with Crippen LogP contribution in [0.5, 0.6) is 0 Å². The van der Waals surface area contributed by atoms with E-state index < -0.39 is 0 Å². The molecule has 0 radical (unpaired) electrons. The number of benzene rings is 2. The van der Waals surface area contributed by atoms with Gasteiger partial charge in [0.15, 0.2) is 0 Å². The summed E-state index contributed by atoms with van der Waals surface area (Å²) < 4.78 is 0.781. The highest BCUT2D eigenvalue weighted by Gasteiger charge is 2.24. The lowest BCUT2D eigenvalue weighted by Crippen LogP contribution is -2.35. The van der Waals surface area contributed by atoms with Crippen molar-refractivity contribution in [2.45, 2.75) is 12.8 Å². The maximum Gasteiger partial charge on any atom is 0.258 e. The minimum Gasteiger partial charge on any atom is -0.399 e. The van der Waals surface area contributed by atoms with Crippen LogP contribution in [0, 0.1) is 0 Å². The summed E-state index contributed by atoms with van der Waals surface area (Å²) in [6.45, 7) is 0.697. The third-order valence-corrected chi connectivity index (χ3v) is 4.87. The molecular weight excluding hydrogens is 352 g/mol. The number of carbonyl (C=O) groups is 1. The number of amides is 1. The lowest BCUT2D eigenvalue weighted by Gasteiger charge is -2.30. The van der Waals surface area contributed by atoms with Crippen molar-refractivity contribution in [3.8, 4) is 0 Å². The predicted octanol–water partition coefficient (Wildman–Crippen LogP) is 4.28. The molecule has 108 valence electrons. The maximum absolute atomic E-state index is 12.7. The number of hydrogen-bond acceptors (Lipinski definition) is 2. The number of anilines is 2. The Morgan fingerprint density at radius 1 is 1.24 bits per heavy atom. The number of aryl methyl sites for hydroxylation is 1. The zero-order valence-electron chi connectivity index (χ0n) is 11.3. The molecule has 3 rings (SSSR count). The van der Waals surface area contributed by atoms with E-state index in [1.165, 1.54) is 0 Å². The average Bonchev–Trinajstić information content (AvgIpc) is 2.48. The molecule has 1 aliphatic rings. The molecule has 2 aromatic rings. The first-order valence-electron chi connectivity index (χ1n) is 6.71. The number of halogens is 2. The molecule has 1 heterocycles. The lowest BCUT2D eigenvalue weighted by molar-refractivity contribution is 0.0985. The smallest absolute Gasteiger partial charge is 0.258 e. The molecule has 0 atom stereocenters. The normalized spacial score (nSPS) is 13.9. The molecule has 0 saturated carbocycles. The monoisotopic (exact) mass is 364 g/mol. The van der Waals surface area contributed by atoms with Crippen molar-refractivity contribution >= 4 is 44.8 Å². The molecule has 2 N–H and O–H groups in total. The Hall–Kier alpha value is -1.52. The van der Waals surface area contributed by atoms with Crippen LogP contribution in [0.2, 0.25) is 5.02 Å². The minimum absolute atomic E-state index is 0.0454. The van der Waals surface area contributed by atoms with Crippen LogP contribution in [-0.4, -0.2) is 12.5 Å². The molecule has 1 aliphatic heterocycles. The molecule has 1 amide bonds. The molecule has 5 heteroatoms. The Balaban J connectivity index is 1.99. The zero-order chi connectivity index (χ0) is 15.0. The van der Waals surface area contributed by atoms with E-state index >= 15 is 0 Å². The van der Waals surface area contributed by atoms with Gasteiger partial charge in [-0.3, -0.25) is 4.79 Å². The van der Waals surface area contributed by atoms with Gasteiger partial charge in [-0.1, -0.05) is 17.7 Å². The minimum atomic E-state index is -0.0454. The molecule has 0 bridgehead atoms. The third-order valence-electron chi connectivity index (χ3n) is 3.64.